The van der Waals surface area contributed by atoms with Crippen molar-refractivity contribution in [1.29, 1.82) is 0 Å². The molecule has 0 radical (unpaired) electrons. The SMILES string of the molecule is CNCCNC(=O)c1cn(-c2ccc(C)cc2)nc1C(C)(C)C. The molecular weight excluding hydrogens is 288 g/mol. The lowest BCUT2D eigenvalue weighted by Crippen LogP contribution is -2.31. The molecule has 2 rings (SSSR count). The average Bonchev–Trinajstić information content (AvgIpc) is 2.93. The van der Waals surface area contributed by atoms with Gasteiger partial charge in [-0.25, -0.2) is 4.68 Å². The molecule has 2 aromatic rings. The van der Waals surface area contributed by atoms with Gasteiger partial charge >= 0.3 is 0 Å². The van der Waals surface area contributed by atoms with Crippen molar-refractivity contribution in [3.8, 4) is 5.69 Å². The normalized spacial score (nSPS) is 11.5. The lowest BCUT2D eigenvalue weighted by molar-refractivity contribution is 0.0952. The van der Waals surface area contributed by atoms with E-state index in [1.807, 2.05) is 44.4 Å². The molecule has 0 saturated heterocycles. The van der Waals surface area contributed by atoms with Crippen LogP contribution >= 0.6 is 0 Å². The second kappa shape index (κ2) is 6.96. The third-order valence-corrected chi connectivity index (χ3v) is 3.63. The van der Waals surface area contributed by atoms with Crippen molar-refractivity contribution in [2.75, 3.05) is 20.1 Å². The van der Waals surface area contributed by atoms with Gasteiger partial charge in [-0.15, -0.1) is 0 Å². The Morgan fingerprint density at radius 2 is 1.83 bits per heavy atom. The minimum atomic E-state index is -0.203. The standard InChI is InChI=1S/C18H26N4O/c1-13-6-8-14(9-7-13)22-12-15(16(21-22)18(2,3)4)17(23)20-11-10-19-5/h6-9,12,19H,10-11H2,1-5H3,(H,20,23). The summed E-state index contributed by atoms with van der Waals surface area (Å²) in [5, 5.41) is 10.6. The Kier molecular flexibility index (Phi) is 5.21. The molecule has 0 unspecified atom stereocenters. The summed E-state index contributed by atoms with van der Waals surface area (Å²) in [6, 6.07) is 8.11. The number of aromatic nitrogens is 2. The number of nitrogens with zero attached hydrogens (tertiary/aromatic N) is 2. The van der Waals surface area contributed by atoms with E-state index >= 15 is 0 Å². The van der Waals surface area contributed by atoms with Crippen LogP contribution in [-0.2, 0) is 5.41 Å². The lowest BCUT2D eigenvalue weighted by atomic mass is 9.89. The zero-order valence-corrected chi connectivity index (χ0v) is 14.6. The first-order chi connectivity index (χ1) is 10.8. The van der Waals surface area contributed by atoms with Gasteiger partial charge in [-0.2, -0.15) is 5.10 Å². The van der Waals surface area contributed by atoms with Crippen LogP contribution in [0.25, 0.3) is 5.69 Å². The maximum atomic E-state index is 12.5. The zero-order valence-electron chi connectivity index (χ0n) is 14.6. The highest BCUT2D eigenvalue weighted by atomic mass is 16.1. The molecule has 23 heavy (non-hydrogen) atoms. The molecule has 1 aromatic heterocycles. The molecule has 0 aliphatic heterocycles. The van der Waals surface area contributed by atoms with Crippen LogP contribution in [0.15, 0.2) is 30.5 Å². The molecule has 0 aliphatic rings. The molecule has 124 valence electrons. The number of benzene rings is 1. The van der Waals surface area contributed by atoms with E-state index in [1.54, 1.807) is 4.68 Å². The molecule has 5 nitrogen and oxygen atoms in total. The van der Waals surface area contributed by atoms with E-state index in [9.17, 15) is 4.79 Å². The van der Waals surface area contributed by atoms with Crippen molar-refractivity contribution in [1.82, 2.24) is 20.4 Å². The summed E-state index contributed by atoms with van der Waals surface area (Å²) in [6.07, 6.45) is 1.82. The molecule has 0 aliphatic carbocycles. The van der Waals surface area contributed by atoms with Gasteiger partial charge in [-0.05, 0) is 26.1 Å². The van der Waals surface area contributed by atoms with Gasteiger partial charge in [0.25, 0.3) is 5.91 Å². The molecule has 0 bridgehead atoms. The van der Waals surface area contributed by atoms with E-state index in [2.05, 4.69) is 36.5 Å². The number of carbonyl (C=O) groups excluding carboxylic acids is 1. The van der Waals surface area contributed by atoms with E-state index < -0.39 is 0 Å². The summed E-state index contributed by atoms with van der Waals surface area (Å²) in [6.45, 7) is 9.59. The molecule has 0 spiro atoms. The Hall–Kier alpha value is -2.14. The molecule has 0 saturated carbocycles. The van der Waals surface area contributed by atoms with E-state index in [1.165, 1.54) is 5.56 Å². The minimum Gasteiger partial charge on any atom is -0.351 e. The number of hydrogen-bond acceptors (Lipinski definition) is 3. The Balaban J connectivity index is 2.36. The van der Waals surface area contributed by atoms with Gasteiger partial charge in [0.15, 0.2) is 0 Å². The first kappa shape index (κ1) is 17.2. The van der Waals surface area contributed by atoms with Gasteiger partial charge in [0.05, 0.1) is 16.9 Å². The van der Waals surface area contributed by atoms with Crippen LogP contribution in [0.5, 0.6) is 0 Å². The molecule has 0 fully saturated rings. The third-order valence-electron chi connectivity index (χ3n) is 3.63. The van der Waals surface area contributed by atoms with Crippen molar-refractivity contribution in [2.24, 2.45) is 0 Å². The van der Waals surface area contributed by atoms with E-state index in [-0.39, 0.29) is 11.3 Å². The van der Waals surface area contributed by atoms with Crippen LogP contribution in [-0.4, -0.2) is 35.8 Å². The fourth-order valence-electron chi connectivity index (χ4n) is 2.32. The predicted molar refractivity (Wildman–Crippen MR) is 93.3 cm³/mol. The molecule has 1 aromatic carbocycles. The molecule has 0 atom stereocenters. The fourth-order valence-corrected chi connectivity index (χ4v) is 2.32. The number of carbonyl (C=O) groups is 1. The molecule has 1 amide bonds. The van der Waals surface area contributed by atoms with Crippen molar-refractivity contribution in [3.05, 3.63) is 47.3 Å². The highest BCUT2D eigenvalue weighted by Gasteiger charge is 2.26. The van der Waals surface area contributed by atoms with Crippen molar-refractivity contribution >= 4 is 5.91 Å². The van der Waals surface area contributed by atoms with E-state index in [4.69, 9.17) is 0 Å². The van der Waals surface area contributed by atoms with Crippen molar-refractivity contribution in [2.45, 2.75) is 33.1 Å². The fraction of sp³-hybridized carbons (Fsp3) is 0.444. The van der Waals surface area contributed by atoms with Crippen molar-refractivity contribution < 1.29 is 4.79 Å². The summed E-state index contributed by atoms with van der Waals surface area (Å²) in [5.74, 6) is -0.0801. The smallest absolute Gasteiger partial charge is 0.254 e. The first-order valence-electron chi connectivity index (χ1n) is 7.93. The van der Waals surface area contributed by atoms with Crippen LogP contribution < -0.4 is 10.6 Å². The van der Waals surface area contributed by atoms with E-state index in [0.29, 0.717) is 12.1 Å². The van der Waals surface area contributed by atoms with Gasteiger partial charge in [-0.1, -0.05) is 38.5 Å². The number of amides is 1. The van der Waals surface area contributed by atoms with Crippen molar-refractivity contribution in [3.63, 3.8) is 0 Å². The second-order valence-electron chi connectivity index (χ2n) is 6.78. The Bertz CT molecular complexity index is 665. The Labute approximate surface area is 138 Å². The summed E-state index contributed by atoms with van der Waals surface area (Å²) in [7, 11) is 1.86. The first-order valence-corrected chi connectivity index (χ1v) is 7.93. The Morgan fingerprint density at radius 1 is 1.17 bits per heavy atom. The van der Waals surface area contributed by atoms with Gasteiger partial charge in [0.1, 0.15) is 0 Å². The summed E-state index contributed by atoms with van der Waals surface area (Å²) in [4.78, 5) is 12.5. The average molecular weight is 314 g/mol. The molecule has 1 heterocycles. The maximum absolute atomic E-state index is 12.5. The maximum Gasteiger partial charge on any atom is 0.254 e. The predicted octanol–water partition coefficient (Wildman–Crippen LogP) is 2.43. The summed E-state index contributed by atoms with van der Waals surface area (Å²) in [5.41, 5.74) is 3.39. The van der Waals surface area contributed by atoms with Crippen LogP contribution in [0, 0.1) is 6.92 Å². The largest absolute Gasteiger partial charge is 0.351 e. The van der Waals surface area contributed by atoms with Crippen LogP contribution in [0.3, 0.4) is 0 Å². The minimum absolute atomic E-state index is 0.0801. The van der Waals surface area contributed by atoms with Crippen LogP contribution in [0.1, 0.15) is 42.4 Å². The monoisotopic (exact) mass is 314 g/mol. The van der Waals surface area contributed by atoms with E-state index in [0.717, 1.165) is 17.9 Å². The van der Waals surface area contributed by atoms with Crippen LogP contribution in [0.4, 0.5) is 0 Å². The summed E-state index contributed by atoms with van der Waals surface area (Å²) < 4.78 is 1.78. The second-order valence-corrected chi connectivity index (χ2v) is 6.78. The number of aryl methyl sites for hydroxylation is 1. The van der Waals surface area contributed by atoms with Gasteiger partial charge in [-0.3, -0.25) is 4.79 Å². The number of nitrogens with one attached hydrogen (secondary N) is 2. The van der Waals surface area contributed by atoms with Gasteiger partial charge in [0.2, 0.25) is 0 Å². The quantitative estimate of drug-likeness (QED) is 0.833. The topological polar surface area (TPSA) is 58.9 Å². The highest BCUT2D eigenvalue weighted by molar-refractivity contribution is 5.95. The zero-order chi connectivity index (χ0) is 17.0. The molecule has 5 heteroatoms. The van der Waals surface area contributed by atoms with Gasteiger partial charge < -0.3 is 10.6 Å². The van der Waals surface area contributed by atoms with Gasteiger partial charge in [0, 0.05) is 24.7 Å². The number of rotatable bonds is 5. The molecule has 2 N–H and O–H groups in total. The lowest BCUT2D eigenvalue weighted by Gasteiger charge is -2.17. The molecular formula is C18H26N4O. The number of likely N-dealkylation sites (N-methyl/N-ethyl adjacent to an activating group) is 1. The third kappa shape index (κ3) is 4.20. The van der Waals surface area contributed by atoms with Crippen LogP contribution in [0.2, 0.25) is 0 Å². The number of hydrogen-bond donors (Lipinski definition) is 2. The summed E-state index contributed by atoms with van der Waals surface area (Å²) >= 11 is 0. The highest BCUT2D eigenvalue weighted by Crippen LogP contribution is 2.25. The Morgan fingerprint density at radius 3 is 2.39 bits per heavy atom.